The Morgan fingerprint density at radius 3 is 2.46 bits per heavy atom. The molecular weight excluding hydrogens is 177 g/mol. The summed E-state index contributed by atoms with van der Waals surface area (Å²) in [7, 11) is 1.33. The van der Waals surface area contributed by atoms with Crippen LogP contribution in [0.5, 0.6) is 0 Å². The zero-order valence-electron chi connectivity index (χ0n) is 7.69. The fraction of sp³-hybridized carbons (Fsp3) is 0.364. The molecule has 1 aliphatic rings. The number of likely N-dealkylation sites (tertiary alicyclic amines) is 1. The summed E-state index contributed by atoms with van der Waals surface area (Å²) >= 11 is 0. The van der Waals surface area contributed by atoms with Gasteiger partial charge in [0.05, 0.1) is 0 Å². The Hall–Kier alpha value is -0.650. The summed E-state index contributed by atoms with van der Waals surface area (Å²) in [5, 5.41) is 1.38. The van der Waals surface area contributed by atoms with Crippen LogP contribution in [0.2, 0.25) is 0 Å². The molecule has 68 valence electrons. The molecule has 0 N–H and O–H groups in total. The van der Waals surface area contributed by atoms with Crippen LogP contribution in [-0.4, -0.2) is 23.9 Å². The van der Waals surface area contributed by atoms with Gasteiger partial charge in [-0.2, -0.15) is 0 Å². The van der Waals surface area contributed by atoms with Crippen molar-refractivity contribution in [2.45, 2.75) is 12.8 Å². The molecule has 1 saturated heterocycles. The van der Waals surface area contributed by atoms with Crippen molar-refractivity contribution in [2.75, 3.05) is 13.1 Å². The molecule has 1 heterocycles. The first kappa shape index (κ1) is 8.93. The topological polar surface area (TPSA) is 3.24 Å². The number of hydrogen-bond donors (Lipinski definition) is 0. The van der Waals surface area contributed by atoms with E-state index in [0.717, 1.165) is 0 Å². The maximum absolute atomic E-state index is 2.43. The molecule has 2 heteroatoms. The van der Waals surface area contributed by atoms with Crippen LogP contribution in [0.25, 0.3) is 0 Å². The molecule has 0 atom stereocenters. The Kier molecular flexibility index (Phi) is 3.12. The molecule has 0 spiro atoms. The van der Waals surface area contributed by atoms with Crippen LogP contribution < -0.4 is 5.30 Å². The summed E-state index contributed by atoms with van der Waals surface area (Å²) in [5.41, 5.74) is 0. The summed E-state index contributed by atoms with van der Waals surface area (Å²) in [5.74, 6) is 2.31. The number of hydrogen-bond acceptors (Lipinski definition) is 0. The van der Waals surface area contributed by atoms with Gasteiger partial charge in [-0.25, -0.2) is 0 Å². The average molecular weight is 191 g/mol. The zero-order valence-corrected chi connectivity index (χ0v) is 8.58. The van der Waals surface area contributed by atoms with Crippen molar-refractivity contribution in [2.24, 2.45) is 0 Å². The van der Waals surface area contributed by atoms with Gasteiger partial charge in [0.2, 0.25) is 0 Å². The minimum absolute atomic E-state index is 1.25. The third-order valence-corrected chi connectivity index (χ3v) is 3.31. The lowest BCUT2D eigenvalue weighted by molar-refractivity contribution is 0.543. The highest BCUT2D eigenvalue weighted by molar-refractivity contribution is 7.47. The van der Waals surface area contributed by atoms with Gasteiger partial charge < -0.3 is 0 Å². The maximum Gasteiger partial charge on any atom is 0.00837 e. The fourth-order valence-corrected chi connectivity index (χ4v) is 2.39. The van der Waals surface area contributed by atoms with E-state index in [1.165, 1.54) is 39.4 Å². The standard InChI is InChI=1S/C11H14NP/c1-2-6-11(7-3-1)13-10-12-8-4-5-9-12/h1-3,6-7,10H,4-5,8-9H2. The maximum atomic E-state index is 2.43. The van der Waals surface area contributed by atoms with Gasteiger partial charge in [-0.05, 0) is 12.8 Å². The van der Waals surface area contributed by atoms with Crippen LogP contribution in [0, 0.1) is 0 Å². The minimum atomic E-state index is 1.25. The Morgan fingerprint density at radius 1 is 1.08 bits per heavy atom. The predicted molar refractivity (Wildman–Crippen MR) is 59.9 cm³/mol. The lowest BCUT2D eigenvalue weighted by atomic mass is 10.4. The number of benzene rings is 1. The van der Waals surface area contributed by atoms with Gasteiger partial charge in [0, 0.05) is 24.3 Å². The Balaban J connectivity index is 1.97. The third-order valence-electron chi connectivity index (χ3n) is 2.27. The molecule has 1 nitrogen and oxygen atoms in total. The van der Waals surface area contributed by atoms with Crippen LogP contribution in [0.15, 0.2) is 30.3 Å². The van der Waals surface area contributed by atoms with Gasteiger partial charge in [-0.15, -0.1) is 0 Å². The summed E-state index contributed by atoms with van der Waals surface area (Å²) < 4.78 is 0. The van der Waals surface area contributed by atoms with E-state index in [1.54, 1.807) is 0 Å². The molecule has 1 fully saturated rings. The molecule has 0 aliphatic carbocycles. The summed E-state index contributed by atoms with van der Waals surface area (Å²) in [6.45, 7) is 2.50. The van der Waals surface area contributed by atoms with Gasteiger partial charge in [0.25, 0.3) is 0 Å². The third kappa shape index (κ3) is 2.65. The molecule has 1 aromatic carbocycles. The van der Waals surface area contributed by atoms with Gasteiger partial charge in [-0.3, -0.25) is 4.90 Å². The second-order valence-corrected chi connectivity index (χ2v) is 4.33. The summed E-state index contributed by atoms with van der Waals surface area (Å²) in [4.78, 5) is 2.43. The van der Waals surface area contributed by atoms with E-state index >= 15 is 0 Å². The van der Waals surface area contributed by atoms with Crippen LogP contribution in [0.4, 0.5) is 0 Å². The molecule has 2 rings (SSSR count). The zero-order chi connectivity index (χ0) is 8.93. The van der Waals surface area contributed by atoms with Crippen molar-refractivity contribution in [1.82, 2.24) is 4.90 Å². The van der Waals surface area contributed by atoms with E-state index in [2.05, 4.69) is 41.2 Å². The molecule has 1 aromatic rings. The van der Waals surface area contributed by atoms with E-state index in [9.17, 15) is 0 Å². The molecule has 0 unspecified atom stereocenters. The average Bonchev–Trinajstić information content (AvgIpc) is 2.69. The van der Waals surface area contributed by atoms with Crippen molar-refractivity contribution >= 4 is 19.4 Å². The van der Waals surface area contributed by atoms with Crippen molar-refractivity contribution < 1.29 is 0 Å². The molecule has 0 bridgehead atoms. The lowest BCUT2D eigenvalue weighted by Gasteiger charge is -2.05. The van der Waals surface area contributed by atoms with Crippen LogP contribution in [0.1, 0.15) is 12.8 Å². The summed E-state index contributed by atoms with van der Waals surface area (Å²) in [6, 6.07) is 10.6. The van der Waals surface area contributed by atoms with Crippen molar-refractivity contribution in [3.63, 3.8) is 0 Å². The van der Waals surface area contributed by atoms with Gasteiger partial charge in [-0.1, -0.05) is 38.5 Å². The molecule has 1 aliphatic heterocycles. The van der Waals surface area contributed by atoms with Crippen LogP contribution in [-0.2, 0) is 0 Å². The highest BCUT2D eigenvalue weighted by atomic mass is 31.1. The Labute approximate surface area is 81.2 Å². The summed E-state index contributed by atoms with van der Waals surface area (Å²) in [6.07, 6.45) is 2.72. The molecule has 13 heavy (non-hydrogen) atoms. The lowest BCUT2D eigenvalue weighted by Crippen LogP contribution is -2.15. The highest BCUT2D eigenvalue weighted by Gasteiger charge is 2.07. The van der Waals surface area contributed by atoms with Crippen molar-refractivity contribution in [3.05, 3.63) is 30.3 Å². The largest absolute Gasteiger partial charge is 0.277 e. The predicted octanol–water partition coefficient (Wildman–Crippen LogP) is 2.11. The van der Waals surface area contributed by atoms with E-state index in [4.69, 9.17) is 0 Å². The van der Waals surface area contributed by atoms with Crippen LogP contribution >= 0.6 is 8.20 Å². The molecule has 0 radical (unpaired) electrons. The molecular formula is C11H14NP. The van der Waals surface area contributed by atoms with E-state index in [0.29, 0.717) is 0 Å². The van der Waals surface area contributed by atoms with Gasteiger partial charge in [0.15, 0.2) is 0 Å². The number of nitrogens with zero attached hydrogens (tertiary/aromatic N) is 1. The van der Waals surface area contributed by atoms with Gasteiger partial charge in [0.1, 0.15) is 0 Å². The monoisotopic (exact) mass is 191 g/mol. The molecule has 0 aromatic heterocycles. The second-order valence-electron chi connectivity index (χ2n) is 3.32. The first-order chi connectivity index (χ1) is 6.45. The SMILES string of the molecule is C(=Pc1ccccc1)N1CCCC1. The Morgan fingerprint density at radius 2 is 1.77 bits per heavy atom. The molecule has 0 saturated carbocycles. The van der Waals surface area contributed by atoms with E-state index < -0.39 is 0 Å². The first-order valence-corrected chi connectivity index (χ1v) is 5.75. The van der Waals surface area contributed by atoms with Crippen molar-refractivity contribution in [1.29, 1.82) is 0 Å². The number of rotatable bonds is 2. The van der Waals surface area contributed by atoms with Gasteiger partial charge >= 0.3 is 0 Å². The smallest absolute Gasteiger partial charge is 0.00837 e. The first-order valence-electron chi connectivity index (χ1n) is 4.78. The Bertz CT molecular complexity index is 275. The fourth-order valence-electron chi connectivity index (χ4n) is 1.52. The van der Waals surface area contributed by atoms with Crippen LogP contribution in [0.3, 0.4) is 0 Å². The second kappa shape index (κ2) is 4.55. The highest BCUT2D eigenvalue weighted by Crippen LogP contribution is 2.07. The quantitative estimate of drug-likeness (QED) is 0.647. The van der Waals surface area contributed by atoms with E-state index in [-0.39, 0.29) is 0 Å². The van der Waals surface area contributed by atoms with E-state index in [1.807, 2.05) is 0 Å². The minimum Gasteiger partial charge on any atom is -0.277 e. The van der Waals surface area contributed by atoms with Crippen molar-refractivity contribution in [3.8, 4) is 0 Å². The molecule has 0 amide bonds. The normalized spacial score (nSPS) is 18.5.